The molecule has 2 aliphatic heterocycles. The van der Waals surface area contributed by atoms with E-state index in [9.17, 15) is 18.0 Å². The van der Waals surface area contributed by atoms with Crippen molar-refractivity contribution in [2.75, 3.05) is 24.5 Å². The van der Waals surface area contributed by atoms with Crippen molar-refractivity contribution >= 4 is 11.6 Å². The Kier molecular flexibility index (Phi) is 3.20. The lowest BCUT2D eigenvalue weighted by Gasteiger charge is -2.39. The molecule has 2 bridgehead atoms. The number of carbonyl (C=O) groups is 1. The Hall–Kier alpha value is -1.63. The molecular formula is C16H18F3N3O. The molecule has 1 aromatic rings. The van der Waals surface area contributed by atoms with E-state index in [-0.39, 0.29) is 11.3 Å². The second-order valence-corrected chi connectivity index (χ2v) is 6.78. The van der Waals surface area contributed by atoms with Crippen LogP contribution in [0.1, 0.15) is 25.0 Å². The van der Waals surface area contributed by atoms with Crippen molar-refractivity contribution in [2.24, 2.45) is 17.3 Å². The van der Waals surface area contributed by atoms with Gasteiger partial charge in [0.1, 0.15) is 5.69 Å². The highest BCUT2D eigenvalue weighted by Gasteiger charge is 2.60. The van der Waals surface area contributed by atoms with Crippen LogP contribution in [0.4, 0.5) is 18.9 Å². The first-order valence-electron chi connectivity index (χ1n) is 7.99. The van der Waals surface area contributed by atoms with Gasteiger partial charge in [-0.3, -0.25) is 4.79 Å². The fourth-order valence-corrected chi connectivity index (χ4v) is 4.72. The maximum absolute atomic E-state index is 13.1. The van der Waals surface area contributed by atoms with Gasteiger partial charge >= 0.3 is 6.18 Å². The fraction of sp³-hybridized carbons (Fsp3) is 0.625. The number of piperidine rings is 1. The van der Waals surface area contributed by atoms with E-state index in [2.05, 4.69) is 10.3 Å². The van der Waals surface area contributed by atoms with E-state index < -0.39 is 11.9 Å². The van der Waals surface area contributed by atoms with Gasteiger partial charge in [-0.05, 0) is 56.3 Å². The number of hydrogen-bond acceptors (Lipinski definition) is 3. The van der Waals surface area contributed by atoms with E-state index in [1.165, 1.54) is 12.3 Å². The van der Waals surface area contributed by atoms with Crippen molar-refractivity contribution in [1.82, 2.24) is 10.3 Å². The molecule has 4 rings (SSSR count). The molecule has 1 aromatic heterocycles. The molecule has 7 heteroatoms. The Labute approximate surface area is 132 Å². The van der Waals surface area contributed by atoms with Crippen molar-refractivity contribution in [3.63, 3.8) is 0 Å². The van der Waals surface area contributed by atoms with Gasteiger partial charge in [0.15, 0.2) is 0 Å². The molecule has 23 heavy (non-hydrogen) atoms. The smallest absolute Gasteiger partial charge is 0.316 e. The number of amides is 1. The molecule has 1 spiro atoms. The largest absolute Gasteiger partial charge is 0.433 e. The van der Waals surface area contributed by atoms with E-state index in [4.69, 9.17) is 0 Å². The molecule has 3 aliphatic rings. The van der Waals surface area contributed by atoms with Gasteiger partial charge in [-0.2, -0.15) is 13.2 Å². The van der Waals surface area contributed by atoms with E-state index in [0.717, 1.165) is 38.4 Å². The van der Waals surface area contributed by atoms with Crippen LogP contribution in [-0.2, 0) is 11.0 Å². The normalized spacial score (nSPS) is 33.7. The predicted octanol–water partition coefficient (Wildman–Crippen LogP) is 2.45. The van der Waals surface area contributed by atoms with Gasteiger partial charge in [-0.15, -0.1) is 0 Å². The van der Waals surface area contributed by atoms with E-state index in [1.54, 1.807) is 4.90 Å². The molecule has 3 fully saturated rings. The van der Waals surface area contributed by atoms with Gasteiger partial charge in [0.05, 0.1) is 17.3 Å². The van der Waals surface area contributed by atoms with Crippen molar-refractivity contribution < 1.29 is 18.0 Å². The summed E-state index contributed by atoms with van der Waals surface area (Å²) in [7, 11) is 0. The highest BCUT2D eigenvalue weighted by Crippen LogP contribution is 2.56. The summed E-state index contributed by atoms with van der Waals surface area (Å²) >= 11 is 0. The SMILES string of the molecule is O=C1N(c2ccc(C(F)(F)F)nc2)CCC12C1CCC2CNC1. The third kappa shape index (κ3) is 2.09. The first-order chi connectivity index (χ1) is 10.9. The summed E-state index contributed by atoms with van der Waals surface area (Å²) in [6, 6.07) is 2.31. The van der Waals surface area contributed by atoms with Crippen LogP contribution >= 0.6 is 0 Å². The Balaban J connectivity index is 1.61. The number of rotatable bonds is 1. The standard InChI is InChI=1S/C16H18F3N3O/c17-16(18,19)13-4-3-12(9-21-13)22-6-5-15(14(22)23)10-1-2-11(15)8-20-7-10/h3-4,9-11,20H,1-2,5-8H2. The van der Waals surface area contributed by atoms with Crippen LogP contribution in [0.25, 0.3) is 0 Å². The van der Waals surface area contributed by atoms with Crippen LogP contribution in [0.3, 0.4) is 0 Å². The third-order valence-electron chi connectivity index (χ3n) is 5.84. The van der Waals surface area contributed by atoms with Crippen LogP contribution in [0.15, 0.2) is 18.3 Å². The highest BCUT2D eigenvalue weighted by molar-refractivity contribution is 6.00. The minimum atomic E-state index is -4.46. The Bertz CT molecular complexity index is 612. The number of carbonyl (C=O) groups excluding carboxylic acids is 1. The predicted molar refractivity (Wildman–Crippen MR) is 77.7 cm³/mol. The molecule has 1 aliphatic carbocycles. The second kappa shape index (κ2) is 4.93. The van der Waals surface area contributed by atoms with Crippen molar-refractivity contribution in [3.05, 3.63) is 24.0 Å². The van der Waals surface area contributed by atoms with Gasteiger partial charge in [-0.1, -0.05) is 0 Å². The molecule has 1 saturated carbocycles. The summed E-state index contributed by atoms with van der Waals surface area (Å²) in [6.07, 6.45) is -0.374. The summed E-state index contributed by atoms with van der Waals surface area (Å²) in [6.45, 7) is 2.29. The summed E-state index contributed by atoms with van der Waals surface area (Å²) in [5, 5.41) is 3.39. The maximum atomic E-state index is 13.1. The maximum Gasteiger partial charge on any atom is 0.433 e. The second-order valence-electron chi connectivity index (χ2n) is 6.78. The van der Waals surface area contributed by atoms with Gasteiger partial charge in [0.25, 0.3) is 0 Å². The molecule has 2 atom stereocenters. The van der Waals surface area contributed by atoms with E-state index in [1.807, 2.05) is 0 Å². The molecule has 4 nitrogen and oxygen atoms in total. The lowest BCUT2D eigenvalue weighted by molar-refractivity contribution is -0.141. The molecular weight excluding hydrogens is 307 g/mol. The lowest BCUT2D eigenvalue weighted by atomic mass is 9.68. The Morgan fingerprint density at radius 1 is 1.22 bits per heavy atom. The molecule has 2 saturated heterocycles. The third-order valence-corrected chi connectivity index (χ3v) is 5.84. The topological polar surface area (TPSA) is 45.2 Å². The number of nitrogens with zero attached hydrogens (tertiary/aromatic N) is 2. The molecule has 1 amide bonds. The van der Waals surface area contributed by atoms with Crippen molar-refractivity contribution in [2.45, 2.75) is 25.4 Å². The zero-order valence-corrected chi connectivity index (χ0v) is 12.6. The van der Waals surface area contributed by atoms with Crippen LogP contribution in [-0.4, -0.2) is 30.5 Å². The zero-order valence-electron chi connectivity index (χ0n) is 12.6. The Morgan fingerprint density at radius 3 is 2.48 bits per heavy atom. The monoisotopic (exact) mass is 325 g/mol. The summed E-state index contributed by atoms with van der Waals surface area (Å²) in [5.74, 6) is 0.773. The van der Waals surface area contributed by atoms with Crippen LogP contribution in [0, 0.1) is 17.3 Å². The van der Waals surface area contributed by atoms with Gasteiger partial charge in [-0.25, -0.2) is 4.98 Å². The molecule has 1 N–H and O–H groups in total. The summed E-state index contributed by atoms with van der Waals surface area (Å²) < 4.78 is 37.9. The molecule has 124 valence electrons. The Morgan fingerprint density at radius 2 is 1.91 bits per heavy atom. The van der Waals surface area contributed by atoms with Crippen LogP contribution in [0.5, 0.6) is 0 Å². The van der Waals surface area contributed by atoms with Crippen LogP contribution in [0.2, 0.25) is 0 Å². The lowest BCUT2D eigenvalue weighted by Crippen LogP contribution is -2.51. The molecule has 3 heterocycles. The molecule has 2 unspecified atom stereocenters. The number of pyridine rings is 1. The average molecular weight is 325 g/mol. The molecule has 0 radical (unpaired) electrons. The first kappa shape index (κ1) is 14.9. The van der Waals surface area contributed by atoms with Crippen molar-refractivity contribution in [1.29, 1.82) is 0 Å². The van der Waals surface area contributed by atoms with Crippen molar-refractivity contribution in [3.8, 4) is 0 Å². The first-order valence-corrected chi connectivity index (χ1v) is 7.99. The minimum absolute atomic E-state index is 0.0769. The number of hydrogen-bond donors (Lipinski definition) is 1. The summed E-state index contributed by atoms with van der Waals surface area (Å²) in [5.41, 5.74) is -0.768. The molecule has 0 aromatic carbocycles. The number of nitrogens with one attached hydrogen (secondary N) is 1. The van der Waals surface area contributed by atoms with E-state index in [0.29, 0.717) is 24.1 Å². The zero-order chi connectivity index (χ0) is 16.2. The number of alkyl halides is 3. The van der Waals surface area contributed by atoms with Gasteiger partial charge in [0, 0.05) is 6.54 Å². The number of halogens is 3. The number of aromatic nitrogens is 1. The highest BCUT2D eigenvalue weighted by atomic mass is 19.4. The van der Waals surface area contributed by atoms with E-state index >= 15 is 0 Å². The number of anilines is 1. The summed E-state index contributed by atoms with van der Waals surface area (Å²) in [4.78, 5) is 18.2. The van der Waals surface area contributed by atoms with Gasteiger partial charge < -0.3 is 10.2 Å². The van der Waals surface area contributed by atoms with Crippen LogP contribution < -0.4 is 10.2 Å². The minimum Gasteiger partial charge on any atom is -0.316 e. The fourth-order valence-electron chi connectivity index (χ4n) is 4.72. The quantitative estimate of drug-likeness (QED) is 0.863. The average Bonchev–Trinajstić information content (AvgIpc) is 2.91. The van der Waals surface area contributed by atoms with Gasteiger partial charge in [0.2, 0.25) is 5.91 Å².